The number of benzene rings is 2. The van der Waals surface area contributed by atoms with Crippen molar-refractivity contribution in [1.29, 1.82) is 0 Å². The average Bonchev–Trinajstić information content (AvgIpc) is 3.03. The van der Waals surface area contributed by atoms with Crippen LogP contribution in [-0.2, 0) is 11.3 Å². The molecule has 0 aromatic heterocycles. The molecule has 6 heteroatoms. The second-order valence-corrected chi connectivity index (χ2v) is 6.34. The van der Waals surface area contributed by atoms with Crippen LogP contribution >= 0.6 is 23.2 Å². The smallest absolute Gasteiger partial charge is 0.238 e. The molecule has 1 aliphatic heterocycles. The Balaban J connectivity index is 1.56. The van der Waals surface area contributed by atoms with E-state index < -0.39 is 0 Å². The quantitative estimate of drug-likeness (QED) is 0.794. The molecule has 1 heterocycles. The Morgan fingerprint density at radius 2 is 1.96 bits per heavy atom. The van der Waals surface area contributed by atoms with Gasteiger partial charge in [-0.25, -0.2) is 10.9 Å². The molecule has 23 heavy (non-hydrogen) atoms. The predicted molar refractivity (Wildman–Crippen MR) is 92.2 cm³/mol. The van der Waals surface area contributed by atoms with Crippen molar-refractivity contribution in [3.63, 3.8) is 0 Å². The third kappa shape index (κ3) is 4.03. The highest BCUT2D eigenvalue weighted by molar-refractivity contribution is 6.31. The molecule has 2 aromatic rings. The second-order valence-electron chi connectivity index (χ2n) is 5.50. The van der Waals surface area contributed by atoms with Crippen LogP contribution in [0.5, 0.6) is 0 Å². The van der Waals surface area contributed by atoms with Gasteiger partial charge in [0.05, 0.1) is 0 Å². The van der Waals surface area contributed by atoms with Crippen LogP contribution in [0.25, 0.3) is 0 Å². The largest absolute Gasteiger partial charge is 0.351 e. The summed E-state index contributed by atoms with van der Waals surface area (Å²) in [7, 11) is 0. The summed E-state index contributed by atoms with van der Waals surface area (Å²) >= 11 is 12.1. The highest BCUT2D eigenvalue weighted by Gasteiger charge is 2.30. The molecule has 2 unspecified atom stereocenters. The van der Waals surface area contributed by atoms with E-state index in [9.17, 15) is 4.79 Å². The molecule has 0 bridgehead atoms. The van der Waals surface area contributed by atoms with Gasteiger partial charge in [0.25, 0.3) is 0 Å². The van der Waals surface area contributed by atoms with Crippen molar-refractivity contribution in [3.8, 4) is 0 Å². The van der Waals surface area contributed by atoms with Crippen molar-refractivity contribution in [2.75, 3.05) is 0 Å². The number of hydrogen-bond donors (Lipinski definition) is 3. The molecule has 1 saturated heterocycles. The lowest BCUT2D eigenvalue weighted by Gasteiger charge is -2.12. The fraction of sp³-hybridized carbons (Fsp3) is 0.235. The van der Waals surface area contributed by atoms with Gasteiger partial charge in [0.15, 0.2) is 0 Å². The van der Waals surface area contributed by atoms with E-state index in [1.165, 1.54) is 0 Å². The summed E-state index contributed by atoms with van der Waals surface area (Å²) in [5, 5.41) is 4.29. The standard InChI is InChI=1S/C17H17Cl2N3O/c18-12-5-3-4-11(8-12)10-20-17(23)16-9-15(21-22-16)13-6-1-2-7-14(13)19/h1-8,15-16,21-22H,9-10H2,(H,20,23). The minimum atomic E-state index is -0.296. The zero-order chi connectivity index (χ0) is 16.2. The lowest BCUT2D eigenvalue weighted by Crippen LogP contribution is -2.42. The van der Waals surface area contributed by atoms with E-state index in [1.54, 1.807) is 0 Å². The van der Waals surface area contributed by atoms with E-state index in [-0.39, 0.29) is 18.0 Å². The van der Waals surface area contributed by atoms with Gasteiger partial charge in [-0.2, -0.15) is 0 Å². The number of hydrogen-bond acceptors (Lipinski definition) is 3. The minimum Gasteiger partial charge on any atom is -0.351 e. The van der Waals surface area contributed by atoms with Crippen LogP contribution < -0.4 is 16.2 Å². The van der Waals surface area contributed by atoms with Gasteiger partial charge in [-0.15, -0.1) is 0 Å². The van der Waals surface area contributed by atoms with E-state index in [0.29, 0.717) is 23.0 Å². The van der Waals surface area contributed by atoms with E-state index in [1.807, 2.05) is 48.5 Å². The molecule has 3 rings (SSSR count). The van der Waals surface area contributed by atoms with Crippen LogP contribution in [0.1, 0.15) is 23.6 Å². The summed E-state index contributed by atoms with van der Waals surface area (Å²) < 4.78 is 0. The Morgan fingerprint density at radius 1 is 1.13 bits per heavy atom. The van der Waals surface area contributed by atoms with Crippen molar-refractivity contribution in [1.82, 2.24) is 16.2 Å². The minimum absolute atomic E-state index is 0.0191. The number of halogens is 2. The summed E-state index contributed by atoms with van der Waals surface area (Å²) in [6, 6.07) is 14.8. The first-order chi connectivity index (χ1) is 11.1. The summed E-state index contributed by atoms with van der Waals surface area (Å²) in [4.78, 5) is 12.3. The molecule has 2 atom stereocenters. The summed E-state index contributed by atoms with van der Waals surface area (Å²) in [6.45, 7) is 0.453. The summed E-state index contributed by atoms with van der Waals surface area (Å²) in [5.74, 6) is -0.0490. The van der Waals surface area contributed by atoms with Crippen molar-refractivity contribution in [2.45, 2.75) is 25.0 Å². The van der Waals surface area contributed by atoms with Crippen molar-refractivity contribution >= 4 is 29.1 Å². The molecular weight excluding hydrogens is 333 g/mol. The molecule has 4 nitrogen and oxygen atoms in total. The van der Waals surface area contributed by atoms with Crippen LogP contribution in [0, 0.1) is 0 Å². The third-order valence-corrected chi connectivity index (χ3v) is 4.44. The lowest BCUT2D eigenvalue weighted by molar-refractivity contribution is -0.123. The SMILES string of the molecule is O=C(NCc1cccc(Cl)c1)C1CC(c2ccccc2Cl)NN1. The van der Waals surface area contributed by atoms with Crippen LogP contribution in [0.2, 0.25) is 10.0 Å². The first-order valence-electron chi connectivity index (χ1n) is 7.41. The van der Waals surface area contributed by atoms with E-state index in [2.05, 4.69) is 16.2 Å². The Labute approximate surface area is 145 Å². The maximum atomic E-state index is 12.3. The number of carbonyl (C=O) groups excluding carboxylic acids is 1. The van der Waals surface area contributed by atoms with Crippen LogP contribution in [-0.4, -0.2) is 11.9 Å². The van der Waals surface area contributed by atoms with Gasteiger partial charge < -0.3 is 5.32 Å². The predicted octanol–water partition coefficient (Wildman–Crippen LogP) is 3.22. The first kappa shape index (κ1) is 16.3. The number of hydrazine groups is 1. The van der Waals surface area contributed by atoms with Crippen molar-refractivity contribution in [2.24, 2.45) is 0 Å². The second kappa shape index (κ2) is 7.32. The summed E-state index contributed by atoms with van der Waals surface area (Å²) in [5.41, 5.74) is 8.13. The van der Waals surface area contributed by atoms with E-state index >= 15 is 0 Å². The Bertz CT molecular complexity index is 708. The van der Waals surface area contributed by atoms with E-state index in [0.717, 1.165) is 11.1 Å². The summed E-state index contributed by atoms with van der Waals surface area (Å²) in [6.07, 6.45) is 0.644. The molecule has 0 radical (unpaired) electrons. The van der Waals surface area contributed by atoms with Crippen molar-refractivity contribution in [3.05, 3.63) is 69.7 Å². The van der Waals surface area contributed by atoms with Crippen molar-refractivity contribution < 1.29 is 4.79 Å². The van der Waals surface area contributed by atoms with E-state index in [4.69, 9.17) is 23.2 Å². The topological polar surface area (TPSA) is 53.2 Å². The molecule has 0 saturated carbocycles. The molecule has 0 spiro atoms. The third-order valence-electron chi connectivity index (χ3n) is 3.86. The number of amides is 1. The molecule has 3 N–H and O–H groups in total. The maximum absolute atomic E-state index is 12.3. The van der Waals surface area contributed by atoms with Crippen LogP contribution in [0.4, 0.5) is 0 Å². The maximum Gasteiger partial charge on any atom is 0.238 e. The Hall–Kier alpha value is -1.59. The van der Waals surface area contributed by atoms with Gasteiger partial charge in [0, 0.05) is 22.6 Å². The van der Waals surface area contributed by atoms with Gasteiger partial charge in [0.1, 0.15) is 6.04 Å². The average molecular weight is 350 g/mol. The first-order valence-corrected chi connectivity index (χ1v) is 8.17. The molecule has 1 fully saturated rings. The molecule has 1 aliphatic rings. The number of nitrogens with one attached hydrogen (secondary N) is 3. The zero-order valence-electron chi connectivity index (χ0n) is 12.4. The highest BCUT2D eigenvalue weighted by Crippen LogP contribution is 2.28. The van der Waals surface area contributed by atoms with Crippen LogP contribution in [0.15, 0.2) is 48.5 Å². The lowest BCUT2D eigenvalue weighted by atomic mass is 10.0. The number of carbonyl (C=O) groups is 1. The fourth-order valence-corrected chi connectivity index (χ4v) is 3.13. The molecule has 120 valence electrons. The Morgan fingerprint density at radius 3 is 2.74 bits per heavy atom. The normalized spacial score (nSPS) is 20.4. The Kier molecular flexibility index (Phi) is 5.18. The highest BCUT2D eigenvalue weighted by atomic mass is 35.5. The molecule has 1 amide bonds. The van der Waals surface area contributed by atoms with Gasteiger partial charge in [0.2, 0.25) is 5.91 Å². The molecular formula is C17H17Cl2N3O. The van der Waals surface area contributed by atoms with Gasteiger partial charge >= 0.3 is 0 Å². The molecule has 0 aliphatic carbocycles. The van der Waals surface area contributed by atoms with Gasteiger partial charge in [-0.05, 0) is 35.7 Å². The van der Waals surface area contributed by atoms with Gasteiger partial charge in [-0.1, -0.05) is 53.5 Å². The monoisotopic (exact) mass is 349 g/mol. The fourth-order valence-electron chi connectivity index (χ4n) is 2.65. The molecule has 2 aromatic carbocycles. The van der Waals surface area contributed by atoms with Gasteiger partial charge in [-0.3, -0.25) is 4.79 Å². The number of rotatable bonds is 4. The van der Waals surface area contributed by atoms with Crippen LogP contribution in [0.3, 0.4) is 0 Å². The zero-order valence-corrected chi connectivity index (χ0v) is 13.9.